The van der Waals surface area contributed by atoms with Gasteiger partial charge in [-0.15, -0.1) is 23.1 Å². The summed E-state index contributed by atoms with van der Waals surface area (Å²) in [5, 5.41) is 25.7. The third-order valence-electron chi connectivity index (χ3n) is 5.91. The molecule has 14 nitrogen and oxygen atoms in total. The summed E-state index contributed by atoms with van der Waals surface area (Å²) in [7, 11) is 0.128. The first-order chi connectivity index (χ1) is 18.8. The average molecular weight is 610 g/mol. The van der Waals surface area contributed by atoms with Crippen LogP contribution in [0.15, 0.2) is 51.2 Å². The molecular formula is C23H25N6O8S3+. The molecule has 1 saturated heterocycles. The molecule has 0 radical (unpaired) electrons. The van der Waals surface area contributed by atoms with Crippen LogP contribution in [0.3, 0.4) is 0 Å². The predicted octanol–water partition coefficient (Wildman–Crippen LogP) is -0.320. The van der Waals surface area contributed by atoms with Gasteiger partial charge in [0.25, 0.3) is 11.8 Å². The molecule has 0 saturated carbocycles. The van der Waals surface area contributed by atoms with Gasteiger partial charge in [-0.25, -0.2) is 19.1 Å². The average Bonchev–Trinajstić information content (AvgIpc) is 3.31. The SMILES string of the molecule is C[n+]1ccc(SCC2=C(C(=O)O)N3C(=O)[C@H](NC(=O)/C(=N\OC(C)(C)C(=O)O)c4csc(N)n4)C3S(=O)C2)cc1. The van der Waals surface area contributed by atoms with Crippen LogP contribution >= 0.6 is 23.1 Å². The summed E-state index contributed by atoms with van der Waals surface area (Å²) in [5.41, 5.74) is 3.44. The van der Waals surface area contributed by atoms with E-state index in [1.807, 2.05) is 36.1 Å². The van der Waals surface area contributed by atoms with Gasteiger partial charge in [0.05, 0.1) is 16.6 Å². The minimum atomic E-state index is -1.80. The number of nitrogens with one attached hydrogen (secondary N) is 1. The van der Waals surface area contributed by atoms with Crippen molar-refractivity contribution in [2.75, 3.05) is 17.2 Å². The number of hydrogen-bond acceptors (Lipinski definition) is 11. The number of rotatable bonds is 10. The molecule has 212 valence electrons. The van der Waals surface area contributed by atoms with Crippen molar-refractivity contribution >= 4 is 68.5 Å². The zero-order chi connectivity index (χ0) is 29.4. The third-order valence-corrected chi connectivity index (χ3v) is 9.34. The van der Waals surface area contributed by atoms with E-state index in [0.717, 1.165) is 21.1 Å². The van der Waals surface area contributed by atoms with Crippen molar-refractivity contribution in [3.63, 3.8) is 0 Å². The van der Waals surface area contributed by atoms with Crippen LogP contribution in [0.5, 0.6) is 0 Å². The number of thioether (sulfide) groups is 1. The van der Waals surface area contributed by atoms with Crippen molar-refractivity contribution < 1.29 is 43.0 Å². The van der Waals surface area contributed by atoms with Crippen LogP contribution in [0, 0.1) is 0 Å². The fourth-order valence-corrected chi connectivity index (χ4v) is 6.98. The Balaban J connectivity index is 1.56. The molecule has 4 rings (SSSR count). The molecular weight excluding hydrogens is 584 g/mol. The number of nitrogens with two attached hydrogens (primary N) is 1. The number of nitrogens with zero attached hydrogens (tertiary/aromatic N) is 4. The summed E-state index contributed by atoms with van der Waals surface area (Å²) in [6.07, 6.45) is 3.67. The van der Waals surface area contributed by atoms with Crippen molar-refractivity contribution in [2.24, 2.45) is 12.2 Å². The van der Waals surface area contributed by atoms with Crippen LogP contribution < -0.4 is 15.6 Å². The lowest BCUT2D eigenvalue weighted by atomic mass is 10.0. The van der Waals surface area contributed by atoms with Crippen molar-refractivity contribution in [3.8, 4) is 0 Å². The Kier molecular flexibility index (Phi) is 8.27. The number of oxime groups is 1. The Morgan fingerprint density at radius 3 is 2.60 bits per heavy atom. The summed E-state index contributed by atoms with van der Waals surface area (Å²) in [6.45, 7) is 2.44. The van der Waals surface area contributed by atoms with Crippen molar-refractivity contribution in [3.05, 3.63) is 46.9 Å². The topological polar surface area (TPSA) is 205 Å². The van der Waals surface area contributed by atoms with Crippen molar-refractivity contribution in [1.82, 2.24) is 15.2 Å². The van der Waals surface area contributed by atoms with E-state index in [4.69, 9.17) is 10.6 Å². The van der Waals surface area contributed by atoms with Gasteiger partial charge in [-0.1, -0.05) is 5.16 Å². The number of aliphatic carboxylic acids is 2. The fraction of sp³-hybridized carbons (Fsp3) is 0.348. The molecule has 2 unspecified atom stereocenters. The number of fused-ring (bicyclic) bond motifs is 1. The number of hydrogen-bond donors (Lipinski definition) is 4. The number of nitrogen functional groups attached to an aromatic ring is 1. The van der Waals surface area contributed by atoms with E-state index in [0.29, 0.717) is 5.57 Å². The minimum absolute atomic E-state index is 0.0329. The van der Waals surface area contributed by atoms with E-state index >= 15 is 0 Å². The van der Waals surface area contributed by atoms with E-state index < -0.39 is 57.3 Å². The highest BCUT2D eigenvalue weighted by atomic mass is 32.2. The molecule has 0 aromatic carbocycles. The van der Waals surface area contributed by atoms with Crippen LogP contribution in [-0.4, -0.2) is 82.3 Å². The number of aryl methyl sites for hydroxylation is 1. The van der Waals surface area contributed by atoms with Gasteiger partial charge in [0.1, 0.15) is 29.9 Å². The van der Waals surface area contributed by atoms with E-state index in [-0.39, 0.29) is 28.0 Å². The van der Waals surface area contributed by atoms with Crippen LogP contribution in [0.2, 0.25) is 0 Å². The maximum absolute atomic E-state index is 13.2. The number of carboxylic acids is 2. The molecule has 0 bridgehead atoms. The lowest BCUT2D eigenvalue weighted by molar-refractivity contribution is -0.671. The standard InChI is InChI=1S/C23H24N6O8S3/c1-23(2,21(34)35)37-27-14(13-9-39-22(24)25-13)17(30)26-15-18(31)29-16(20(32)33)11(10-40(36)19(15)29)8-38-12-4-6-28(3)7-5-12/h4-7,9,15,19H,8,10H2,1-3H3,(H4-,24,25,26,30,32,33,34,35)/p+1/b27-14-/t15-,19?,40?/m0/s1. The maximum Gasteiger partial charge on any atom is 0.352 e. The van der Waals surface area contributed by atoms with Gasteiger partial charge >= 0.3 is 11.9 Å². The molecule has 1 fully saturated rings. The second kappa shape index (κ2) is 11.3. The maximum atomic E-state index is 13.2. The van der Waals surface area contributed by atoms with Crippen LogP contribution in [0.25, 0.3) is 0 Å². The van der Waals surface area contributed by atoms with E-state index in [2.05, 4.69) is 15.5 Å². The second-order valence-electron chi connectivity index (χ2n) is 9.24. The van der Waals surface area contributed by atoms with Gasteiger partial charge in [-0.05, 0) is 19.4 Å². The summed E-state index contributed by atoms with van der Waals surface area (Å²) < 4.78 is 15.0. The Hall–Kier alpha value is -3.83. The third kappa shape index (κ3) is 5.85. The summed E-state index contributed by atoms with van der Waals surface area (Å²) in [4.78, 5) is 60.7. The number of amides is 2. The molecule has 2 aromatic rings. The molecule has 17 heteroatoms. The molecule has 2 aromatic heterocycles. The van der Waals surface area contributed by atoms with Gasteiger partial charge in [-0.3, -0.25) is 18.7 Å². The predicted molar refractivity (Wildman–Crippen MR) is 144 cm³/mol. The number of β-lactam (4-membered cyclic amide) rings is 1. The van der Waals surface area contributed by atoms with Crippen molar-refractivity contribution in [1.29, 1.82) is 0 Å². The smallest absolute Gasteiger partial charge is 0.352 e. The Morgan fingerprint density at radius 2 is 2.02 bits per heavy atom. The van der Waals surface area contributed by atoms with E-state index in [1.54, 1.807) is 0 Å². The summed E-state index contributed by atoms with van der Waals surface area (Å²) in [5.74, 6) is -4.33. The number of thiazole rings is 1. The normalized spacial score (nSPS) is 21.0. The number of carbonyl (C=O) groups excluding carboxylic acids is 2. The lowest BCUT2D eigenvalue weighted by Crippen LogP contribution is -2.74. The summed E-state index contributed by atoms with van der Waals surface area (Å²) >= 11 is 2.34. The molecule has 0 spiro atoms. The fourth-order valence-electron chi connectivity index (χ4n) is 3.73. The number of pyridine rings is 1. The van der Waals surface area contributed by atoms with Crippen LogP contribution in [0.1, 0.15) is 19.5 Å². The summed E-state index contributed by atoms with van der Waals surface area (Å²) in [6, 6.07) is 2.38. The molecule has 2 amide bonds. The quantitative estimate of drug-likeness (QED) is 0.0903. The largest absolute Gasteiger partial charge is 0.478 e. The highest BCUT2D eigenvalue weighted by Gasteiger charge is 2.57. The van der Waals surface area contributed by atoms with E-state index in [9.17, 15) is 33.6 Å². The van der Waals surface area contributed by atoms with Crippen LogP contribution in [0.4, 0.5) is 5.13 Å². The van der Waals surface area contributed by atoms with Crippen molar-refractivity contribution in [2.45, 2.75) is 35.8 Å². The number of anilines is 1. The second-order valence-corrected chi connectivity index (χ2v) is 12.7. The minimum Gasteiger partial charge on any atom is -0.478 e. The van der Waals surface area contributed by atoms with E-state index in [1.165, 1.54) is 31.0 Å². The molecule has 0 aliphatic carbocycles. The first-order valence-corrected chi connectivity index (χ1v) is 14.8. The highest BCUT2D eigenvalue weighted by molar-refractivity contribution is 7.99. The molecule has 5 N–H and O–H groups in total. The molecule has 2 aliphatic rings. The Bertz CT molecular complexity index is 1470. The Labute approximate surface area is 238 Å². The van der Waals surface area contributed by atoms with Crippen LogP contribution in [-0.2, 0) is 41.9 Å². The van der Waals surface area contributed by atoms with Gasteiger partial charge < -0.3 is 26.1 Å². The number of carbonyl (C=O) groups is 4. The zero-order valence-corrected chi connectivity index (χ0v) is 23.8. The number of aromatic nitrogens is 2. The number of carboxylic acid groups (broad SMARTS) is 2. The van der Waals surface area contributed by atoms with Gasteiger partial charge in [0.2, 0.25) is 5.60 Å². The highest BCUT2D eigenvalue weighted by Crippen LogP contribution is 2.36. The zero-order valence-electron chi connectivity index (χ0n) is 21.4. The van der Waals surface area contributed by atoms with Gasteiger partial charge in [0, 0.05) is 28.2 Å². The first kappa shape index (κ1) is 29.2. The monoisotopic (exact) mass is 609 g/mol. The lowest BCUT2D eigenvalue weighted by Gasteiger charge is -2.49. The molecule has 2 aliphatic heterocycles. The first-order valence-electron chi connectivity index (χ1n) is 11.6. The Morgan fingerprint density at radius 1 is 1.35 bits per heavy atom. The molecule has 4 heterocycles. The van der Waals surface area contributed by atoms with Gasteiger partial charge in [0.15, 0.2) is 23.2 Å². The van der Waals surface area contributed by atoms with Gasteiger partial charge in [-0.2, -0.15) is 0 Å². The molecule has 40 heavy (non-hydrogen) atoms. The molecule has 3 atom stereocenters.